The molecule has 0 heterocycles. The van der Waals surface area contributed by atoms with Crippen molar-refractivity contribution < 1.29 is 9.13 Å². The van der Waals surface area contributed by atoms with E-state index >= 15 is 0 Å². The minimum atomic E-state index is -0.205. The molecule has 20 heavy (non-hydrogen) atoms. The lowest BCUT2D eigenvalue weighted by molar-refractivity contribution is 0.202. The average Bonchev–Trinajstić information content (AvgIpc) is 2.46. The molecule has 0 radical (unpaired) electrons. The van der Waals surface area contributed by atoms with E-state index in [1.807, 2.05) is 31.2 Å². The van der Waals surface area contributed by atoms with Crippen LogP contribution in [-0.4, -0.2) is 13.7 Å². The predicted molar refractivity (Wildman–Crippen MR) is 80.5 cm³/mol. The second kappa shape index (κ2) is 7.06. The number of ether oxygens (including phenoxy) is 1. The molecule has 0 aliphatic carbocycles. The zero-order chi connectivity index (χ0) is 14.4. The van der Waals surface area contributed by atoms with Crippen LogP contribution < -0.4 is 5.32 Å². The third kappa shape index (κ3) is 3.81. The van der Waals surface area contributed by atoms with E-state index < -0.39 is 0 Å². The van der Waals surface area contributed by atoms with Crippen LogP contribution in [-0.2, 0) is 11.2 Å². The molecule has 2 aromatic carbocycles. The first kappa shape index (κ1) is 14.5. The molecule has 1 N–H and O–H groups in total. The first-order valence-corrected chi connectivity index (χ1v) is 6.79. The van der Waals surface area contributed by atoms with Crippen LogP contribution in [0.15, 0.2) is 48.5 Å². The van der Waals surface area contributed by atoms with Gasteiger partial charge in [-0.25, -0.2) is 4.39 Å². The third-order valence-electron chi connectivity index (χ3n) is 3.31. The molecular weight excluding hydrogens is 253 g/mol. The monoisotopic (exact) mass is 273 g/mol. The van der Waals surface area contributed by atoms with Gasteiger partial charge in [0.15, 0.2) is 0 Å². The van der Waals surface area contributed by atoms with Gasteiger partial charge in [0, 0.05) is 18.8 Å². The summed E-state index contributed by atoms with van der Waals surface area (Å²) < 4.78 is 18.4. The first-order chi connectivity index (χ1) is 9.70. The van der Waals surface area contributed by atoms with E-state index in [0.29, 0.717) is 6.61 Å². The number of halogens is 1. The fourth-order valence-corrected chi connectivity index (χ4v) is 2.18. The number of anilines is 1. The second-order valence-corrected chi connectivity index (χ2v) is 4.82. The van der Waals surface area contributed by atoms with E-state index in [-0.39, 0.29) is 11.9 Å². The summed E-state index contributed by atoms with van der Waals surface area (Å²) in [7, 11) is 1.70. The largest absolute Gasteiger partial charge is 0.384 e. The highest BCUT2D eigenvalue weighted by Gasteiger charge is 2.08. The Morgan fingerprint density at radius 2 is 1.95 bits per heavy atom. The summed E-state index contributed by atoms with van der Waals surface area (Å²) in [5.41, 5.74) is 3.21. The number of para-hydroxylation sites is 1. The summed E-state index contributed by atoms with van der Waals surface area (Å²) in [6.45, 7) is 2.72. The van der Waals surface area contributed by atoms with Crippen molar-refractivity contribution in [1.29, 1.82) is 0 Å². The van der Waals surface area contributed by atoms with E-state index in [0.717, 1.165) is 17.7 Å². The van der Waals surface area contributed by atoms with Crippen LogP contribution in [0.4, 0.5) is 10.1 Å². The number of benzene rings is 2. The van der Waals surface area contributed by atoms with Crippen LogP contribution in [0, 0.1) is 5.82 Å². The molecule has 0 spiro atoms. The van der Waals surface area contributed by atoms with Gasteiger partial charge < -0.3 is 10.1 Å². The number of hydrogen-bond acceptors (Lipinski definition) is 2. The molecular formula is C17H20FNO. The van der Waals surface area contributed by atoms with Crippen molar-refractivity contribution in [2.45, 2.75) is 19.4 Å². The van der Waals surface area contributed by atoms with Gasteiger partial charge in [0.2, 0.25) is 0 Å². The lowest BCUT2D eigenvalue weighted by Gasteiger charge is -2.18. The number of nitrogens with one attached hydrogen (secondary N) is 1. The standard InChI is InChI=1S/C17H20FNO/c1-13(15-7-5-8-16(18)12-15)19-17-9-4-3-6-14(17)10-11-20-2/h3-9,12-13,19H,10-11H2,1-2H3. The van der Waals surface area contributed by atoms with Crippen molar-refractivity contribution in [2.24, 2.45) is 0 Å². The van der Waals surface area contributed by atoms with Gasteiger partial charge in [-0.15, -0.1) is 0 Å². The minimum absolute atomic E-state index is 0.0504. The van der Waals surface area contributed by atoms with Crippen LogP contribution in [0.3, 0.4) is 0 Å². The molecule has 0 aromatic heterocycles. The van der Waals surface area contributed by atoms with Crippen molar-refractivity contribution in [2.75, 3.05) is 19.0 Å². The summed E-state index contributed by atoms with van der Waals surface area (Å²) in [5, 5.41) is 3.44. The zero-order valence-electron chi connectivity index (χ0n) is 11.9. The zero-order valence-corrected chi connectivity index (χ0v) is 11.9. The van der Waals surface area contributed by atoms with Crippen molar-refractivity contribution in [3.63, 3.8) is 0 Å². The molecule has 0 amide bonds. The van der Waals surface area contributed by atoms with Gasteiger partial charge in [0.05, 0.1) is 6.61 Å². The minimum Gasteiger partial charge on any atom is -0.384 e. The molecule has 1 unspecified atom stereocenters. The van der Waals surface area contributed by atoms with Gasteiger partial charge in [-0.3, -0.25) is 0 Å². The predicted octanol–water partition coefficient (Wildman–Crippen LogP) is 4.19. The summed E-state index contributed by atoms with van der Waals surface area (Å²) in [6.07, 6.45) is 0.857. The van der Waals surface area contributed by atoms with Gasteiger partial charge in [-0.05, 0) is 42.7 Å². The van der Waals surface area contributed by atoms with Gasteiger partial charge in [0.1, 0.15) is 5.82 Å². The Morgan fingerprint density at radius 1 is 1.15 bits per heavy atom. The molecule has 2 rings (SSSR count). The second-order valence-electron chi connectivity index (χ2n) is 4.82. The van der Waals surface area contributed by atoms with Crippen LogP contribution >= 0.6 is 0 Å². The molecule has 2 aromatic rings. The molecule has 0 fully saturated rings. The highest BCUT2D eigenvalue weighted by atomic mass is 19.1. The van der Waals surface area contributed by atoms with E-state index in [2.05, 4.69) is 11.4 Å². The topological polar surface area (TPSA) is 21.3 Å². The van der Waals surface area contributed by atoms with E-state index in [4.69, 9.17) is 4.74 Å². The van der Waals surface area contributed by atoms with Crippen LogP contribution in [0.1, 0.15) is 24.1 Å². The molecule has 3 heteroatoms. The maximum absolute atomic E-state index is 13.3. The normalized spacial score (nSPS) is 12.2. The number of methoxy groups -OCH3 is 1. The Balaban J connectivity index is 2.13. The Bertz CT molecular complexity index is 556. The van der Waals surface area contributed by atoms with Gasteiger partial charge >= 0.3 is 0 Å². The van der Waals surface area contributed by atoms with Gasteiger partial charge in [0.25, 0.3) is 0 Å². The summed E-state index contributed by atoms with van der Waals surface area (Å²) >= 11 is 0. The molecule has 0 saturated heterocycles. The highest BCUT2D eigenvalue weighted by molar-refractivity contribution is 5.52. The molecule has 0 bridgehead atoms. The van der Waals surface area contributed by atoms with E-state index in [1.165, 1.54) is 11.6 Å². The lowest BCUT2D eigenvalue weighted by atomic mass is 10.1. The summed E-state index contributed by atoms with van der Waals surface area (Å²) in [4.78, 5) is 0. The van der Waals surface area contributed by atoms with Crippen LogP contribution in [0.25, 0.3) is 0 Å². The van der Waals surface area contributed by atoms with E-state index in [9.17, 15) is 4.39 Å². The lowest BCUT2D eigenvalue weighted by Crippen LogP contribution is -2.09. The fraction of sp³-hybridized carbons (Fsp3) is 0.294. The van der Waals surface area contributed by atoms with Crippen LogP contribution in [0.5, 0.6) is 0 Å². The van der Waals surface area contributed by atoms with Crippen molar-refractivity contribution >= 4 is 5.69 Å². The van der Waals surface area contributed by atoms with Crippen LogP contribution in [0.2, 0.25) is 0 Å². The van der Waals surface area contributed by atoms with Crippen molar-refractivity contribution in [3.8, 4) is 0 Å². The van der Waals surface area contributed by atoms with Crippen molar-refractivity contribution in [1.82, 2.24) is 0 Å². The number of hydrogen-bond donors (Lipinski definition) is 1. The molecule has 106 valence electrons. The molecule has 1 atom stereocenters. The smallest absolute Gasteiger partial charge is 0.123 e. The van der Waals surface area contributed by atoms with E-state index in [1.54, 1.807) is 19.2 Å². The molecule has 0 saturated carbocycles. The average molecular weight is 273 g/mol. The Kier molecular flexibility index (Phi) is 5.13. The SMILES string of the molecule is COCCc1ccccc1NC(C)c1cccc(F)c1. The Hall–Kier alpha value is -1.87. The maximum Gasteiger partial charge on any atom is 0.123 e. The quantitative estimate of drug-likeness (QED) is 0.852. The fourth-order valence-electron chi connectivity index (χ4n) is 2.18. The van der Waals surface area contributed by atoms with Gasteiger partial charge in [-0.1, -0.05) is 30.3 Å². The molecule has 2 nitrogen and oxygen atoms in total. The molecule has 0 aliphatic heterocycles. The Labute approximate surface area is 119 Å². The van der Waals surface area contributed by atoms with Gasteiger partial charge in [-0.2, -0.15) is 0 Å². The number of rotatable bonds is 6. The van der Waals surface area contributed by atoms with Crippen molar-refractivity contribution in [3.05, 3.63) is 65.5 Å². The summed E-state index contributed by atoms with van der Waals surface area (Å²) in [5.74, 6) is -0.205. The third-order valence-corrected chi connectivity index (χ3v) is 3.31. The summed E-state index contributed by atoms with van der Waals surface area (Å²) in [6, 6.07) is 14.9. The molecule has 0 aliphatic rings. The first-order valence-electron chi connectivity index (χ1n) is 6.79. The maximum atomic E-state index is 13.3. The highest BCUT2D eigenvalue weighted by Crippen LogP contribution is 2.23. The Morgan fingerprint density at radius 3 is 2.70 bits per heavy atom.